The van der Waals surface area contributed by atoms with Crippen LogP contribution in [-0.2, 0) is 16.2 Å². The third kappa shape index (κ3) is 4.15. The molecule has 170 valence electrons. The Labute approximate surface area is 182 Å². The number of hydrogen-bond acceptors (Lipinski definition) is 7. The second-order valence-corrected chi connectivity index (χ2v) is 9.17. The van der Waals surface area contributed by atoms with Gasteiger partial charge in [-0.2, -0.15) is 22.5 Å². The van der Waals surface area contributed by atoms with Crippen molar-refractivity contribution in [2.75, 3.05) is 32.1 Å². The molecule has 1 fully saturated rings. The molecule has 1 saturated heterocycles. The summed E-state index contributed by atoms with van der Waals surface area (Å²) in [6.45, 7) is 0.624. The number of nitrogens with zero attached hydrogens (tertiary/aromatic N) is 4. The van der Waals surface area contributed by atoms with Gasteiger partial charge in [-0.15, -0.1) is 0 Å². The summed E-state index contributed by atoms with van der Waals surface area (Å²) in [5.74, 6) is -0.989. The van der Waals surface area contributed by atoms with Gasteiger partial charge in [-0.3, -0.25) is 0 Å². The molecule has 8 nitrogen and oxygen atoms in total. The van der Waals surface area contributed by atoms with Gasteiger partial charge in [0.15, 0.2) is 0 Å². The quantitative estimate of drug-likeness (QED) is 0.549. The highest BCUT2D eigenvalue weighted by Crippen LogP contribution is 2.31. The van der Waals surface area contributed by atoms with Crippen LogP contribution in [0.5, 0.6) is 5.75 Å². The van der Waals surface area contributed by atoms with Crippen LogP contribution in [0.25, 0.3) is 11.4 Å². The van der Waals surface area contributed by atoms with Crippen molar-refractivity contribution in [3.8, 4) is 17.1 Å². The molecule has 2 aromatic carbocycles. The molecular formula is C20H19F3N4O4S. The smallest absolute Gasteiger partial charge is 0.471 e. The predicted molar refractivity (Wildman–Crippen MR) is 109 cm³/mol. The molecule has 0 saturated carbocycles. The molecule has 32 heavy (non-hydrogen) atoms. The summed E-state index contributed by atoms with van der Waals surface area (Å²) in [4.78, 5) is 5.48. The lowest BCUT2D eigenvalue weighted by atomic mass is 10.1. The van der Waals surface area contributed by atoms with Crippen LogP contribution in [0, 0.1) is 0 Å². The Morgan fingerprint density at radius 2 is 1.72 bits per heavy atom. The standard InChI is InChI=1S/C20H19F3N4O4S/c1-26(14-5-3-13(4-6-14)18-24-19(31-25-18)20(21,22)23)15-11-27(12-15)32(28,29)17-9-7-16(30-2)8-10-17/h3-10,15H,11-12H2,1-2H3. The lowest BCUT2D eigenvalue weighted by Gasteiger charge is -2.43. The van der Waals surface area contributed by atoms with Crippen molar-refractivity contribution in [1.82, 2.24) is 14.4 Å². The zero-order valence-corrected chi connectivity index (χ0v) is 17.9. The van der Waals surface area contributed by atoms with Gasteiger partial charge in [0.25, 0.3) is 0 Å². The monoisotopic (exact) mass is 468 g/mol. The second-order valence-electron chi connectivity index (χ2n) is 7.23. The van der Waals surface area contributed by atoms with Crippen molar-refractivity contribution >= 4 is 15.7 Å². The zero-order chi connectivity index (χ0) is 23.1. The summed E-state index contributed by atoms with van der Waals surface area (Å²) in [7, 11) is -0.262. The van der Waals surface area contributed by atoms with E-state index in [0.29, 0.717) is 24.4 Å². The molecule has 0 unspecified atom stereocenters. The van der Waals surface area contributed by atoms with E-state index in [1.165, 1.54) is 23.5 Å². The fourth-order valence-corrected chi connectivity index (χ4v) is 4.78. The maximum absolute atomic E-state index is 12.8. The maximum atomic E-state index is 12.8. The van der Waals surface area contributed by atoms with Gasteiger partial charge in [-0.1, -0.05) is 5.16 Å². The van der Waals surface area contributed by atoms with Crippen molar-refractivity contribution in [3.05, 3.63) is 54.4 Å². The molecule has 0 atom stereocenters. The van der Waals surface area contributed by atoms with Crippen LogP contribution in [-0.4, -0.2) is 56.2 Å². The van der Waals surface area contributed by atoms with E-state index in [9.17, 15) is 21.6 Å². The van der Waals surface area contributed by atoms with E-state index in [2.05, 4.69) is 14.7 Å². The van der Waals surface area contributed by atoms with Crippen LogP contribution in [0.1, 0.15) is 5.89 Å². The van der Waals surface area contributed by atoms with Crippen molar-refractivity contribution < 1.29 is 30.8 Å². The number of anilines is 1. The first-order valence-electron chi connectivity index (χ1n) is 9.48. The number of benzene rings is 2. The first-order chi connectivity index (χ1) is 15.1. The second kappa shape index (κ2) is 8.10. The Kier molecular flexibility index (Phi) is 5.59. The summed E-state index contributed by atoms with van der Waals surface area (Å²) >= 11 is 0. The third-order valence-electron chi connectivity index (χ3n) is 5.28. The van der Waals surface area contributed by atoms with Gasteiger partial charge >= 0.3 is 12.1 Å². The van der Waals surface area contributed by atoms with E-state index in [0.717, 1.165) is 5.69 Å². The van der Waals surface area contributed by atoms with E-state index in [4.69, 9.17) is 4.74 Å². The molecule has 1 aliphatic heterocycles. The highest BCUT2D eigenvalue weighted by atomic mass is 32.2. The maximum Gasteiger partial charge on any atom is 0.471 e. The number of alkyl halides is 3. The molecule has 0 aliphatic carbocycles. The SMILES string of the molecule is COc1ccc(S(=O)(=O)N2CC(N(C)c3ccc(-c4noc(C(F)(F)F)n4)cc3)C2)cc1. The van der Waals surface area contributed by atoms with E-state index in [1.807, 2.05) is 11.9 Å². The number of aromatic nitrogens is 2. The topological polar surface area (TPSA) is 88.8 Å². The van der Waals surface area contributed by atoms with E-state index in [-0.39, 0.29) is 16.8 Å². The van der Waals surface area contributed by atoms with E-state index in [1.54, 1.807) is 36.4 Å². The van der Waals surface area contributed by atoms with E-state index >= 15 is 0 Å². The van der Waals surface area contributed by atoms with Crippen molar-refractivity contribution in [2.45, 2.75) is 17.1 Å². The molecule has 0 radical (unpaired) electrons. The van der Waals surface area contributed by atoms with Crippen molar-refractivity contribution in [2.24, 2.45) is 0 Å². The number of likely N-dealkylation sites (N-methyl/N-ethyl adjacent to an activating group) is 1. The minimum absolute atomic E-state index is 0.0455. The summed E-state index contributed by atoms with van der Waals surface area (Å²) in [6, 6.07) is 12.7. The van der Waals surface area contributed by atoms with Crippen LogP contribution < -0.4 is 9.64 Å². The molecule has 1 aliphatic rings. The minimum atomic E-state index is -4.70. The van der Waals surface area contributed by atoms with Crippen LogP contribution in [0.15, 0.2) is 57.9 Å². The van der Waals surface area contributed by atoms with Gasteiger partial charge in [0.2, 0.25) is 15.8 Å². The summed E-state index contributed by atoms with van der Waals surface area (Å²) in [5.41, 5.74) is 1.15. The summed E-state index contributed by atoms with van der Waals surface area (Å²) in [5, 5.41) is 3.37. The Balaban J connectivity index is 1.40. The summed E-state index contributed by atoms with van der Waals surface area (Å²) < 4.78 is 74.1. The number of rotatable bonds is 6. The Hall–Kier alpha value is -3.12. The van der Waals surface area contributed by atoms with Gasteiger partial charge in [-0.05, 0) is 48.5 Å². The van der Waals surface area contributed by atoms with Crippen molar-refractivity contribution in [3.63, 3.8) is 0 Å². The molecule has 0 bridgehead atoms. The van der Waals surface area contributed by atoms with Crippen LogP contribution in [0.4, 0.5) is 18.9 Å². The molecule has 0 amide bonds. The van der Waals surface area contributed by atoms with E-state index < -0.39 is 22.1 Å². The Bertz CT molecular complexity index is 1190. The molecule has 0 spiro atoms. The average molecular weight is 468 g/mol. The van der Waals surface area contributed by atoms with Gasteiger partial charge < -0.3 is 14.2 Å². The Morgan fingerprint density at radius 3 is 2.25 bits per heavy atom. The van der Waals surface area contributed by atoms with Crippen LogP contribution >= 0.6 is 0 Å². The van der Waals surface area contributed by atoms with Crippen LogP contribution in [0.3, 0.4) is 0 Å². The molecular weight excluding hydrogens is 449 g/mol. The number of ether oxygens (including phenoxy) is 1. The first kappa shape index (κ1) is 22.1. The number of hydrogen-bond donors (Lipinski definition) is 0. The minimum Gasteiger partial charge on any atom is -0.497 e. The number of sulfonamides is 1. The van der Waals surface area contributed by atoms with Gasteiger partial charge in [-0.25, -0.2) is 8.42 Å². The molecule has 4 rings (SSSR count). The third-order valence-corrected chi connectivity index (χ3v) is 7.12. The first-order valence-corrected chi connectivity index (χ1v) is 10.9. The fraction of sp³-hybridized carbons (Fsp3) is 0.300. The normalized spacial score (nSPS) is 15.4. The van der Waals surface area contributed by atoms with Gasteiger partial charge in [0.05, 0.1) is 18.0 Å². The predicted octanol–water partition coefficient (Wildman–Crippen LogP) is 3.27. The van der Waals surface area contributed by atoms with Gasteiger partial charge in [0.1, 0.15) is 5.75 Å². The molecule has 3 aromatic rings. The summed E-state index contributed by atoms with van der Waals surface area (Å²) in [6.07, 6.45) is -4.70. The van der Waals surface area contributed by atoms with Crippen molar-refractivity contribution in [1.29, 1.82) is 0 Å². The van der Waals surface area contributed by atoms with Gasteiger partial charge in [0, 0.05) is 31.4 Å². The molecule has 2 heterocycles. The lowest BCUT2D eigenvalue weighted by Crippen LogP contribution is -2.60. The lowest BCUT2D eigenvalue weighted by molar-refractivity contribution is -0.159. The zero-order valence-electron chi connectivity index (χ0n) is 17.1. The average Bonchev–Trinajstić information content (AvgIpc) is 3.23. The molecule has 0 N–H and O–H groups in total. The molecule has 1 aromatic heterocycles. The highest BCUT2D eigenvalue weighted by molar-refractivity contribution is 7.89. The van der Waals surface area contributed by atoms with Crippen LogP contribution in [0.2, 0.25) is 0 Å². The highest BCUT2D eigenvalue weighted by Gasteiger charge is 2.39. The fourth-order valence-electron chi connectivity index (χ4n) is 3.27. The molecule has 12 heteroatoms. The number of methoxy groups -OCH3 is 1. The Morgan fingerprint density at radius 1 is 1.09 bits per heavy atom. The number of halogens is 3. The largest absolute Gasteiger partial charge is 0.497 e.